The molecule has 8 nitrogen and oxygen atoms in total. The van der Waals surface area contributed by atoms with Crippen LogP contribution in [0.1, 0.15) is 45.9 Å². The number of hydrogen-bond donors (Lipinski definition) is 2. The fourth-order valence-corrected chi connectivity index (χ4v) is 4.73. The first-order valence-corrected chi connectivity index (χ1v) is 10.2. The van der Waals surface area contributed by atoms with Crippen molar-refractivity contribution in [3.05, 3.63) is 16.0 Å². The number of ether oxygens (including phenoxy) is 2. The quantitative estimate of drug-likeness (QED) is 0.499. The number of amides is 2. The number of esters is 1. The Morgan fingerprint density at radius 3 is 2.43 bits per heavy atom. The van der Waals surface area contributed by atoms with Crippen LogP contribution in [0.15, 0.2) is 0 Å². The minimum Gasteiger partial charge on any atom is -0.460 e. The maximum Gasteiger partial charge on any atom is 0.341 e. The summed E-state index contributed by atoms with van der Waals surface area (Å²) in [4.78, 5) is 39.1. The zero-order chi connectivity index (χ0) is 20.8. The van der Waals surface area contributed by atoms with Crippen LogP contribution in [0, 0.1) is 18.8 Å². The van der Waals surface area contributed by atoms with E-state index in [1.165, 1.54) is 7.11 Å². The summed E-state index contributed by atoms with van der Waals surface area (Å²) in [5.41, 5.74) is 5.99. The second kappa shape index (κ2) is 9.99. The van der Waals surface area contributed by atoms with E-state index in [4.69, 9.17) is 15.2 Å². The van der Waals surface area contributed by atoms with E-state index in [0.29, 0.717) is 17.4 Å². The lowest BCUT2D eigenvalue weighted by molar-refractivity contribution is -0.117. The fourth-order valence-electron chi connectivity index (χ4n) is 3.66. The number of nitrogens with two attached hydrogens (primary N) is 1. The highest BCUT2D eigenvalue weighted by Gasteiger charge is 2.27. The fraction of sp³-hybridized carbons (Fsp3) is 0.632. The van der Waals surface area contributed by atoms with Gasteiger partial charge >= 0.3 is 5.97 Å². The molecule has 1 aliphatic rings. The SMILES string of the molecule is COCCOC(=O)c1c(NC(=O)CN2C[C@H](C)C[C@H](C)C2)sc(C(N)=O)c1C. The second-order valence-electron chi connectivity index (χ2n) is 7.44. The Bertz CT molecular complexity index is 723. The van der Waals surface area contributed by atoms with Gasteiger partial charge in [-0.1, -0.05) is 13.8 Å². The maximum absolute atomic E-state index is 12.6. The van der Waals surface area contributed by atoms with E-state index < -0.39 is 11.9 Å². The number of methoxy groups -OCH3 is 1. The molecule has 2 atom stereocenters. The molecule has 2 heterocycles. The first-order valence-electron chi connectivity index (χ1n) is 9.34. The normalized spacial score (nSPS) is 20.0. The van der Waals surface area contributed by atoms with E-state index in [2.05, 4.69) is 24.1 Å². The molecule has 1 aromatic heterocycles. The van der Waals surface area contributed by atoms with Gasteiger partial charge in [-0.3, -0.25) is 14.5 Å². The molecule has 0 spiro atoms. The molecule has 3 N–H and O–H groups in total. The third-order valence-electron chi connectivity index (χ3n) is 4.66. The Balaban J connectivity index is 2.14. The molecule has 156 valence electrons. The minimum atomic E-state index is -0.646. The molecule has 1 aromatic rings. The molecular formula is C19H29N3O5S. The minimum absolute atomic E-state index is 0.0769. The van der Waals surface area contributed by atoms with Crippen molar-refractivity contribution in [2.45, 2.75) is 27.2 Å². The van der Waals surface area contributed by atoms with Crippen molar-refractivity contribution in [3.8, 4) is 0 Å². The number of nitrogens with zero attached hydrogens (tertiary/aromatic N) is 1. The highest BCUT2D eigenvalue weighted by molar-refractivity contribution is 7.18. The standard InChI is InChI=1S/C19H29N3O5S/c1-11-7-12(2)9-22(8-11)10-14(23)21-18-15(19(25)27-6-5-26-4)13(3)16(28-18)17(20)24/h11-12H,5-10H2,1-4H3,(H2,20,24)(H,21,23)/t11-,12+. The van der Waals surface area contributed by atoms with Crippen LogP contribution in [-0.4, -0.2) is 62.6 Å². The molecule has 1 fully saturated rings. The number of carbonyl (C=O) groups is 3. The van der Waals surface area contributed by atoms with Gasteiger partial charge in [0.25, 0.3) is 5.91 Å². The van der Waals surface area contributed by atoms with E-state index in [1.54, 1.807) is 6.92 Å². The van der Waals surface area contributed by atoms with Gasteiger partial charge < -0.3 is 20.5 Å². The van der Waals surface area contributed by atoms with Gasteiger partial charge in [-0.25, -0.2) is 4.79 Å². The van der Waals surface area contributed by atoms with E-state index in [9.17, 15) is 14.4 Å². The highest BCUT2D eigenvalue weighted by atomic mass is 32.1. The van der Waals surface area contributed by atoms with Gasteiger partial charge in [0.2, 0.25) is 5.91 Å². The first-order chi connectivity index (χ1) is 13.2. The number of hydrogen-bond acceptors (Lipinski definition) is 7. The van der Waals surface area contributed by atoms with Crippen LogP contribution in [0.3, 0.4) is 0 Å². The topological polar surface area (TPSA) is 111 Å². The van der Waals surface area contributed by atoms with Crippen LogP contribution in [0.5, 0.6) is 0 Å². The number of rotatable bonds is 8. The van der Waals surface area contributed by atoms with Gasteiger partial charge in [0.1, 0.15) is 11.6 Å². The summed E-state index contributed by atoms with van der Waals surface area (Å²) in [6.07, 6.45) is 1.15. The average molecular weight is 412 g/mol. The van der Waals surface area contributed by atoms with Crippen molar-refractivity contribution in [2.75, 3.05) is 45.3 Å². The Morgan fingerprint density at radius 1 is 1.21 bits per heavy atom. The summed E-state index contributed by atoms with van der Waals surface area (Å²) in [5, 5.41) is 3.06. The number of carbonyl (C=O) groups excluding carboxylic acids is 3. The molecule has 0 aliphatic carbocycles. The Morgan fingerprint density at radius 2 is 1.86 bits per heavy atom. The van der Waals surface area contributed by atoms with Gasteiger partial charge in [-0.15, -0.1) is 11.3 Å². The molecule has 0 bridgehead atoms. The van der Waals surface area contributed by atoms with E-state index in [-0.39, 0.29) is 41.1 Å². The number of nitrogens with one attached hydrogen (secondary N) is 1. The number of thiophene rings is 1. The third-order valence-corrected chi connectivity index (χ3v) is 5.88. The van der Waals surface area contributed by atoms with E-state index >= 15 is 0 Å². The summed E-state index contributed by atoms with van der Waals surface area (Å²) in [6.45, 7) is 8.26. The van der Waals surface area contributed by atoms with E-state index in [0.717, 1.165) is 30.8 Å². The smallest absolute Gasteiger partial charge is 0.341 e. The lowest BCUT2D eigenvalue weighted by Gasteiger charge is -2.34. The first kappa shape index (κ1) is 22.3. The largest absolute Gasteiger partial charge is 0.460 e. The van der Waals surface area contributed by atoms with Crippen molar-refractivity contribution in [1.29, 1.82) is 0 Å². The Hall–Kier alpha value is -1.97. The Kier molecular flexibility index (Phi) is 7.97. The summed E-state index contributed by atoms with van der Waals surface area (Å²) < 4.78 is 10.0. The van der Waals surface area contributed by atoms with Crippen LogP contribution >= 0.6 is 11.3 Å². The monoisotopic (exact) mass is 411 g/mol. The zero-order valence-electron chi connectivity index (χ0n) is 16.9. The summed E-state index contributed by atoms with van der Waals surface area (Å²) >= 11 is 0.996. The van der Waals surface area contributed by atoms with Crippen LogP contribution in [0.2, 0.25) is 0 Å². The molecule has 2 amide bonds. The number of anilines is 1. The molecule has 0 unspecified atom stereocenters. The van der Waals surface area contributed by atoms with Gasteiger partial charge in [0.15, 0.2) is 0 Å². The van der Waals surface area contributed by atoms with Crippen LogP contribution in [0.25, 0.3) is 0 Å². The molecule has 1 aliphatic heterocycles. The molecule has 28 heavy (non-hydrogen) atoms. The lowest BCUT2D eigenvalue weighted by atomic mass is 9.92. The van der Waals surface area contributed by atoms with Crippen molar-refractivity contribution in [1.82, 2.24) is 4.90 Å². The molecule has 2 rings (SSSR count). The van der Waals surface area contributed by atoms with Gasteiger partial charge in [-0.05, 0) is 30.7 Å². The third kappa shape index (κ3) is 5.76. The maximum atomic E-state index is 12.6. The molecule has 0 saturated carbocycles. The number of piperidine rings is 1. The molecule has 0 aromatic carbocycles. The predicted octanol–water partition coefficient (Wildman–Crippen LogP) is 1.88. The molecule has 1 saturated heterocycles. The van der Waals surface area contributed by atoms with Gasteiger partial charge in [0, 0.05) is 20.2 Å². The number of likely N-dealkylation sites (tertiary alicyclic amines) is 1. The van der Waals surface area contributed by atoms with Crippen molar-refractivity contribution < 1.29 is 23.9 Å². The number of primary amides is 1. The molecule has 0 radical (unpaired) electrons. The van der Waals surface area contributed by atoms with Gasteiger partial charge in [-0.2, -0.15) is 0 Å². The van der Waals surface area contributed by atoms with Crippen LogP contribution < -0.4 is 11.1 Å². The summed E-state index contributed by atoms with van der Waals surface area (Å²) in [7, 11) is 1.50. The lowest BCUT2D eigenvalue weighted by Crippen LogP contribution is -2.42. The predicted molar refractivity (Wildman–Crippen MR) is 108 cm³/mol. The molecular weight excluding hydrogens is 382 g/mol. The van der Waals surface area contributed by atoms with Crippen LogP contribution in [0.4, 0.5) is 5.00 Å². The van der Waals surface area contributed by atoms with Crippen molar-refractivity contribution >= 4 is 34.1 Å². The van der Waals surface area contributed by atoms with Crippen molar-refractivity contribution in [2.24, 2.45) is 17.6 Å². The second-order valence-corrected chi connectivity index (χ2v) is 8.46. The van der Waals surface area contributed by atoms with Gasteiger partial charge in [0.05, 0.1) is 23.6 Å². The summed E-state index contributed by atoms with van der Waals surface area (Å²) in [6, 6.07) is 0. The highest BCUT2D eigenvalue weighted by Crippen LogP contribution is 2.33. The average Bonchev–Trinajstić information content (AvgIpc) is 2.90. The van der Waals surface area contributed by atoms with E-state index in [1.807, 2.05) is 0 Å². The zero-order valence-corrected chi connectivity index (χ0v) is 17.7. The summed E-state index contributed by atoms with van der Waals surface area (Å²) in [5.74, 6) is -0.424. The molecule has 9 heteroatoms. The Labute approximate surface area is 169 Å². The van der Waals surface area contributed by atoms with Crippen LogP contribution in [-0.2, 0) is 14.3 Å². The van der Waals surface area contributed by atoms with Crippen molar-refractivity contribution in [3.63, 3.8) is 0 Å².